The minimum absolute atomic E-state index is 0.0968. The molecular formula is C19H23N3O3S. The molecule has 2 aliphatic rings. The van der Waals surface area contributed by atoms with Crippen LogP contribution in [0.25, 0.3) is 0 Å². The van der Waals surface area contributed by atoms with Gasteiger partial charge < -0.3 is 14.4 Å². The molecule has 1 aromatic heterocycles. The van der Waals surface area contributed by atoms with E-state index in [-0.39, 0.29) is 5.56 Å². The Morgan fingerprint density at radius 1 is 1.19 bits per heavy atom. The van der Waals surface area contributed by atoms with Gasteiger partial charge in [0.1, 0.15) is 11.6 Å². The van der Waals surface area contributed by atoms with Crippen LogP contribution in [0.5, 0.6) is 5.75 Å². The van der Waals surface area contributed by atoms with E-state index in [0.29, 0.717) is 19.6 Å². The highest BCUT2D eigenvalue weighted by Crippen LogP contribution is 2.27. The summed E-state index contributed by atoms with van der Waals surface area (Å²) in [7, 11) is 1.66. The second kappa shape index (κ2) is 7.72. The number of nitrogens with zero attached hydrogens (tertiary/aromatic N) is 3. The average molecular weight is 373 g/mol. The number of rotatable bonds is 4. The predicted molar refractivity (Wildman–Crippen MR) is 103 cm³/mol. The molecule has 0 bridgehead atoms. The molecule has 6 nitrogen and oxygen atoms in total. The third kappa shape index (κ3) is 3.46. The van der Waals surface area contributed by atoms with Crippen molar-refractivity contribution >= 4 is 17.6 Å². The first-order chi connectivity index (χ1) is 12.8. The largest absolute Gasteiger partial charge is 0.497 e. The van der Waals surface area contributed by atoms with E-state index >= 15 is 0 Å². The maximum atomic E-state index is 13.2. The smallest absolute Gasteiger partial charge is 0.259 e. The van der Waals surface area contributed by atoms with Crippen LogP contribution < -0.4 is 15.2 Å². The molecule has 0 saturated carbocycles. The van der Waals surface area contributed by atoms with Gasteiger partial charge in [-0.25, -0.2) is 4.98 Å². The van der Waals surface area contributed by atoms with Gasteiger partial charge in [0.05, 0.1) is 25.9 Å². The summed E-state index contributed by atoms with van der Waals surface area (Å²) in [5.41, 5.74) is 1.96. The maximum absolute atomic E-state index is 13.2. The van der Waals surface area contributed by atoms with Gasteiger partial charge in [0, 0.05) is 31.8 Å². The minimum Gasteiger partial charge on any atom is -0.497 e. The number of hydrogen-bond donors (Lipinski definition) is 0. The Bertz CT molecular complexity index is 829. The zero-order valence-corrected chi connectivity index (χ0v) is 15.8. The van der Waals surface area contributed by atoms with Gasteiger partial charge in [0.2, 0.25) is 0 Å². The van der Waals surface area contributed by atoms with Crippen molar-refractivity contribution in [2.75, 3.05) is 44.1 Å². The third-order valence-electron chi connectivity index (χ3n) is 4.81. The van der Waals surface area contributed by atoms with Gasteiger partial charge in [-0.1, -0.05) is 23.9 Å². The summed E-state index contributed by atoms with van der Waals surface area (Å²) >= 11 is 1.68. The molecule has 1 saturated heterocycles. The zero-order chi connectivity index (χ0) is 17.9. The van der Waals surface area contributed by atoms with E-state index in [1.54, 1.807) is 18.9 Å². The van der Waals surface area contributed by atoms with Gasteiger partial charge in [0.15, 0.2) is 5.16 Å². The number of ether oxygens (including phenoxy) is 2. The van der Waals surface area contributed by atoms with Crippen LogP contribution in [0, 0.1) is 0 Å². The lowest BCUT2D eigenvalue weighted by molar-refractivity contribution is 0.122. The molecule has 4 rings (SSSR count). The first-order valence-corrected chi connectivity index (χ1v) is 9.97. The lowest BCUT2D eigenvalue weighted by Crippen LogP contribution is -2.40. The monoisotopic (exact) mass is 373 g/mol. The van der Waals surface area contributed by atoms with Gasteiger partial charge in [0.25, 0.3) is 5.56 Å². The molecular weight excluding hydrogens is 350 g/mol. The Balaban J connectivity index is 1.75. The normalized spacial score (nSPS) is 17.0. The molecule has 0 radical (unpaired) electrons. The highest BCUT2D eigenvalue weighted by atomic mass is 32.2. The predicted octanol–water partition coefficient (Wildman–Crippen LogP) is 2.18. The molecule has 26 heavy (non-hydrogen) atoms. The van der Waals surface area contributed by atoms with Crippen LogP contribution in [0.4, 0.5) is 5.82 Å². The number of benzene rings is 1. The second-order valence-corrected chi connectivity index (χ2v) is 7.54. The number of morpholine rings is 1. The molecule has 2 aliphatic heterocycles. The van der Waals surface area contributed by atoms with E-state index in [9.17, 15) is 4.79 Å². The van der Waals surface area contributed by atoms with Crippen molar-refractivity contribution in [2.45, 2.75) is 24.5 Å². The van der Waals surface area contributed by atoms with Gasteiger partial charge in [-0.3, -0.25) is 9.36 Å². The van der Waals surface area contributed by atoms with Crippen molar-refractivity contribution in [1.82, 2.24) is 9.55 Å². The summed E-state index contributed by atoms with van der Waals surface area (Å²) in [6.07, 6.45) is 1.59. The molecule has 3 heterocycles. The summed E-state index contributed by atoms with van der Waals surface area (Å²) in [6.45, 7) is 3.66. The number of anilines is 1. The summed E-state index contributed by atoms with van der Waals surface area (Å²) in [5, 5.41) is 0.848. The second-order valence-electron chi connectivity index (χ2n) is 6.48. The number of hydrogen-bond acceptors (Lipinski definition) is 6. The van der Waals surface area contributed by atoms with Crippen molar-refractivity contribution in [3.05, 3.63) is 45.7 Å². The Labute approximate surface area is 157 Å². The van der Waals surface area contributed by atoms with Crippen LogP contribution in [0.15, 0.2) is 34.2 Å². The lowest BCUT2D eigenvalue weighted by Gasteiger charge is -2.31. The number of methoxy groups -OCH3 is 1. The van der Waals surface area contributed by atoms with E-state index in [1.807, 2.05) is 28.8 Å². The van der Waals surface area contributed by atoms with E-state index < -0.39 is 0 Å². The number of aromatic nitrogens is 2. The number of thioether (sulfide) groups is 1. The van der Waals surface area contributed by atoms with E-state index in [0.717, 1.165) is 59.7 Å². The highest BCUT2D eigenvalue weighted by molar-refractivity contribution is 7.99. The Kier molecular flexibility index (Phi) is 5.17. The van der Waals surface area contributed by atoms with Crippen LogP contribution >= 0.6 is 11.8 Å². The van der Waals surface area contributed by atoms with Gasteiger partial charge >= 0.3 is 0 Å². The molecule has 138 valence electrons. The first-order valence-electron chi connectivity index (χ1n) is 8.98. The molecule has 0 unspecified atom stereocenters. The lowest BCUT2D eigenvalue weighted by atomic mass is 10.1. The van der Waals surface area contributed by atoms with Crippen molar-refractivity contribution < 1.29 is 9.47 Å². The molecule has 0 amide bonds. The van der Waals surface area contributed by atoms with Crippen LogP contribution in [0.3, 0.4) is 0 Å². The van der Waals surface area contributed by atoms with Crippen LogP contribution in [0.1, 0.15) is 17.5 Å². The van der Waals surface area contributed by atoms with E-state index in [4.69, 9.17) is 14.5 Å². The van der Waals surface area contributed by atoms with Crippen LogP contribution in [0.2, 0.25) is 0 Å². The molecule has 0 aliphatic carbocycles. The summed E-state index contributed by atoms with van der Waals surface area (Å²) in [6, 6.07) is 7.90. The van der Waals surface area contributed by atoms with Gasteiger partial charge in [-0.05, 0) is 24.1 Å². The number of fused-ring (bicyclic) bond motifs is 1. The molecule has 0 N–H and O–H groups in total. The molecule has 1 fully saturated rings. The standard InChI is InChI=1S/C19H23N3O3S/c1-24-15-5-3-14(4-6-15)13-16-17(21-8-10-25-11-9-21)20-19-22(18(16)23)7-2-12-26-19/h3-6H,2,7-13H2,1H3. The third-order valence-corrected chi connectivity index (χ3v) is 5.88. The molecule has 0 atom stereocenters. The van der Waals surface area contributed by atoms with E-state index in [2.05, 4.69) is 4.90 Å². The van der Waals surface area contributed by atoms with Crippen molar-refractivity contribution in [3.8, 4) is 5.75 Å². The highest BCUT2D eigenvalue weighted by Gasteiger charge is 2.24. The molecule has 0 spiro atoms. The SMILES string of the molecule is COc1ccc(Cc2c(N3CCOCC3)nc3n(c2=O)CCCS3)cc1. The van der Waals surface area contributed by atoms with E-state index in [1.165, 1.54) is 0 Å². The molecule has 1 aromatic carbocycles. The fraction of sp³-hybridized carbons (Fsp3) is 0.474. The molecule has 7 heteroatoms. The topological polar surface area (TPSA) is 56.6 Å². The van der Waals surface area contributed by atoms with Crippen molar-refractivity contribution in [3.63, 3.8) is 0 Å². The van der Waals surface area contributed by atoms with Crippen molar-refractivity contribution in [1.29, 1.82) is 0 Å². The Morgan fingerprint density at radius 3 is 2.69 bits per heavy atom. The average Bonchev–Trinajstić information content (AvgIpc) is 2.71. The fourth-order valence-corrected chi connectivity index (χ4v) is 4.33. The maximum Gasteiger partial charge on any atom is 0.259 e. The first kappa shape index (κ1) is 17.4. The summed E-state index contributed by atoms with van der Waals surface area (Å²) < 4.78 is 12.6. The Hall–Kier alpha value is -1.99. The fourth-order valence-electron chi connectivity index (χ4n) is 3.40. The van der Waals surface area contributed by atoms with Crippen LogP contribution in [-0.2, 0) is 17.7 Å². The van der Waals surface area contributed by atoms with Gasteiger partial charge in [-0.2, -0.15) is 0 Å². The molecule has 2 aromatic rings. The van der Waals surface area contributed by atoms with Crippen LogP contribution in [-0.4, -0.2) is 48.7 Å². The minimum atomic E-state index is 0.0968. The summed E-state index contributed by atoms with van der Waals surface area (Å²) in [5.74, 6) is 2.67. The van der Waals surface area contributed by atoms with Gasteiger partial charge in [-0.15, -0.1) is 0 Å². The van der Waals surface area contributed by atoms with Crippen molar-refractivity contribution in [2.24, 2.45) is 0 Å². The Morgan fingerprint density at radius 2 is 1.96 bits per heavy atom. The zero-order valence-electron chi connectivity index (χ0n) is 14.9. The quantitative estimate of drug-likeness (QED) is 0.766. The summed E-state index contributed by atoms with van der Waals surface area (Å²) in [4.78, 5) is 20.3.